The highest BCUT2D eigenvalue weighted by Gasteiger charge is 2.13. The molecule has 0 radical (unpaired) electrons. The van der Waals surface area contributed by atoms with E-state index in [0.29, 0.717) is 0 Å². The van der Waals surface area contributed by atoms with Gasteiger partial charge in [-0.3, -0.25) is 0 Å². The van der Waals surface area contributed by atoms with Crippen molar-refractivity contribution < 1.29 is 20.1 Å². The standard InChI is InChI=1S/C5H10O4/c6-2-1-4(8)5(9)3-7/h3-6,8-9H,1-2H2/t4-,5+/m0/s1. The van der Waals surface area contributed by atoms with Crippen LogP contribution in [-0.2, 0) is 4.79 Å². The summed E-state index contributed by atoms with van der Waals surface area (Å²) in [5.74, 6) is 0. The van der Waals surface area contributed by atoms with Crippen LogP contribution in [0.2, 0.25) is 0 Å². The van der Waals surface area contributed by atoms with Gasteiger partial charge in [0, 0.05) is 6.61 Å². The lowest BCUT2D eigenvalue weighted by atomic mass is 10.2. The van der Waals surface area contributed by atoms with Crippen molar-refractivity contribution in [3.8, 4) is 0 Å². The van der Waals surface area contributed by atoms with Gasteiger partial charge in [-0.1, -0.05) is 0 Å². The molecule has 54 valence electrons. The summed E-state index contributed by atoms with van der Waals surface area (Å²) in [6, 6.07) is 0. The van der Waals surface area contributed by atoms with Crippen LogP contribution in [0.3, 0.4) is 0 Å². The Balaban J connectivity index is 3.44. The molecular weight excluding hydrogens is 124 g/mol. The van der Waals surface area contributed by atoms with E-state index in [4.69, 9.17) is 15.3 Å². The Morgan fingerprint density at radius 1 is 1.44 bits per heavy atom. The van der Waals surface area contributed by atoms with Crippen molar-refractivity contribution in [1.29, 1.82) is 0 Å². The number of aldehydes is 1. The van der Waals surface area contributed by atoms with E-state index in [2.05, 4.69) is 0 Å². The Bertz CT molecular complexity index is 83.0. The molecule has 0 heterocycles. The summed E-state index contributed by atoms with van der Waals surface area (Å²) in [6.45, 7) is -0.230. The normalized spacial score (nSPS) is 16.8. The smallest absolute Gasteiger partial charge is 0.151 e. The van der Waals surface area contributed by atoms with Crippen molar-refractivity contribution >= 4 is 6.29 Å². The van der Waals surface area contributed by atoms with Gasteiger partial charge in [0.2, 0.25) is 0 Å². The van der Waals surface area contributed by atoms with Gasteiger partial charge >= 0.3 is 0 Å². The molecule has 0 aliphatic heterocycles. The molecule has 4 heteroatoms. The van der Waals surface area contributed by atoms with E-state index >= 15 is 0 Å². The second-order valence-electron chi connectivity index (χ2n) is 1.71. The minimum Gasteiger partial charge on any atom is -0.396 e. The van der Waals surface area contributed by atoms with Crippen molar-refractivity contribution in [3.63, 3.8) is 0 Å². The maximum absolute atomic E-state index is 9.73. The lowest BCUT2D eigenvalue weighted by molar-refractivity contribution is -0.120. The Kier molecular flexibility index (Phi) is 4.21. The Labute approximate surface area is 52.7 Å². The van der Waals surface area contributed by atoms with Crippen molar-refractivity contribution in [2.45, 2.75) is 18.6 Å². The largest absolute Gasteiger partial charge is 0.396 e. The molecule has 0 aliphatic rings. The number of hydrogen-bond acceptors (Lipinski definition) is 4. The first-order chi connectivity index (χ1) is 4.22. The lowest BCUT2D eigenvalue weighted by Crippen LogP contribution is -2.27. The number of hydrogen-bond donors (Lipinski definition) is 3. The molecule has 0 bridgehead atoms. The number of carbonyl (C=O) groups excluding carboxylic acids is 1. The zero-order valence-corrected chi connectivity index (χ0v) is 4.90. The van der Waals surface area contributed by atoms with Crippen LogP contribution in [-0.4, -0.2) is 40.4 Å². The van der Waals surface area contributed by atoms with Gasteiger partial charge in [-0.2, -0.15) is 0 Å². The van der Waals surface area contributed by atoms with Crippen molar-refractivity contribution in [3.05, 3.63) is 0 Å². The van der Waals surface area contributed by atoms with E-state index in [9.17, 15) is 4.79 Å². The fourth-order valence-corrected chi connectivity index (χ4v) is 0.394. The van der Waals surface area contributed by atoms with Crippen LogP contribution in [0.1, 0.15) is 6.42 Å². The van der Waals surface area contributed by atoms with Crippen molar-refractivity contribution in [2.75, 3.05) is 6.61 Å². The average Bonchev–Trinajstić information content (AvgIpc) is 1.87. The van der Waals surface area contributed by atoms with E-state index in [0.717, 1.165) is 0 Å². The zero-order valence-electron chi connectivity index (χ0n) is 4.90. The predicted molar refractivity (Wildman–Crippen MR) is 29.8 cm³/mol. The maximum atomic E-state index is 9.73. The van der Waals surface area contributed by atoms with Crippen LogP contribution in [0.4, 0.5) is 0 Å². The van der Waals surface area contributed by atoms with Crippen LogP contribution < -0.4 is 0 Å². The molecule has 4 nitrogen and oxygen atoms in total. The van der Waals surface area contributed by atoms with Gasteiger partial charge in [-0.15, -0.1) is 0 Å². The van der Waals surface area contributed by atoms with Gasteiger partial charge in [-0.05, 0) is 6.42 Å². The molecule has 0 aromatic rings. The molecular formula is C5H10O4. The first-order valence-electron chi connectivity index (χ1n) is 2.64. The molecule has 0 saturated heterocycles. The van der Waals surface area contributed by atoms with Crippen LogP contribution in [0.5, 0.6) is 0 Å². The van der Waals surface area contributed by atoms with Gasteiger partial charge in [0.15, 0.2) is 6.29 Å². The van der Waals surface area contributed by atoms with Crippen LogP contribution in [0.15, 0.2) is 0 Å². The van der Waals surface area contributed by atoms with Gasteiger partial charge in [0.05, 0.1) is 6.10 Å². The topological polar surface area (TPSA) is 77.8 Å². The van der Waals surface area contributed by atoms with Gasteiger partial charge in [0.1, 0.15) is 6.10 Å². The molecule has 0 amide bonds. The van der Waals surface area contributed by atoms with Crippen molar-refractivity contribution in [1.82, 2.24) is 0 Å². The van der Waals surface area contributed by atoms with Gasteiger partial charge in [-0.25, -0.2) is 0 Å². The lowest BCUT2D eigenvalue weighted by Gasteiger charge is -2.09. The molecule has 0 fully saturated rings. The molecule has 2 atom stereocenters. The minimum atomic E-state index is -1.36. The third-order valence-electron chi connectivity index (χ3n) is 0.959. The van der Waals surface area contributed by atoms with E-state index in [1.54, 1.807) is 0 Å². The SMILES string of the molecule is O=C[C@@H](O)[C@@H](O)CCO. The molecule has 0 aliphatic carbocycles. The summed E-state index contributed by atoms with van der Waals surface area (Å²) in [7, 11) is 0. The average molecular weight is 134 g/mol. The van der Waals surface area contributed by atoms with Crippen LogP contribution in [0, 0.1) is 0 Å². The van der Waals surface area contributed by atoms with Gasteiger partial charge < -0.3 is 20.1 Å². The van der Waals surface area contributed by atoms with Crippen molar-refractivity contribution in [2.24, 2.45) is 0 Å². The van der Waals surface area contributed by atoms with Gasteiger partial charge in [0.25, 0.3) is 0 Å². The Hall–Kier alpha value is -0.450. The summed E-state index contributed by atoms with van der Waals surface area (Å²) in [5, 5.41) is 25.4. The molecule has 9 heavy (non-hydrogen) atoms. The summed E-state index contributed by atoms with van der Waals surface area (Å²) in [6.07, 6.45) is -2.23. The molecule has 0 spiro atoms. The number of rotatable bonds is 4. The quantitative estimate of drug-likeness (QED) is 0.400. The zero-order chi connectivity index (χ0) is 7.28. The summed E-state index contributed by atoms with van der Waals surface area (Å²) < 4.78 is 0. The highest BCUT2D eigenvalue weighted by molar-refractivity contribution is 5.56. The third-order valence-corrected chi connectivity index (χ3v) is 0.959. The molecule has 0 aromatic heterocycles. The molecule has 0 aromatic carbocycles. The molecule has 0 unspecified atom stereocenters. The second-order valence-corrected chi connectivity index (χ2v) is 1.71. The second kappa shape index (κ2) is 4.43. The fourth-order valence-electron chi connectivity index (χ4n) is 0.394. The first kappa shape index (κ1) is 8.55. The third kappa shape index (κ3) is 3.18. The van der Waals surface area contributed by atoms with E-state index in [1.807, 2.05) is 0 Å². The Morgan fingerprint density at radius 3 is 2.33 bits per heavy atom. The highest BCUT2D eigenvalue weighted by atomic mass is 16.3. The summed E-state index contributed by atoms with van der Waals surface area (Å²) >= 11 is 0. The fraction of sp³-hybridized carbons (Fsp3) is 0.800. The minimum absolute atomic E-state index is 0.0277. The predicted octanol–water partition coefficient (Wildman–Crippen LogP) is -1.71. The highest BCUT2D eigenvalue weighted by Crippen LogP contribution is 1.94. The number of aliphatic hydroxyl groups is 3. The molecule has 3 N–H and O–H groups in total. The van der Waals surface area contributed by atoms with E-state index in [1.165, 1.54) is 0 Å². The monoisotopic (exact) mass is 134 g/mol. The first-order valence-corrected chi connectivity index (χ1v) is 2.64. The Morgan fingerprint density at radius 2 is 2.00 bits per heavy atom. The van der Waals surface area contributed by atoms with Crippen LogP contribution in [0.25, 0.3) is 0 Å². The molecule has 0 saturated carbocycles. The van der Waals surface area contributed by atoms with Crippen LogP contribution >= 0.6 is 0 Å². The van der Waals surface area contributed by atoms with E-state index < -0.39 is 12.2 Å². The number of aliphatic hydroxyl groups excluding tert-OH is 3. The summed E-state index contributed by atoms with van der Waals surface area (Å²) in [5.41, 5.74) is 0. The molecule has 0 rings (SSSR count). The number of carbonyl (C=O) groups is 1. The summed E-state index contributed by atoms with van der Waals surface area (Å²) in [4.78, 5) is 9.73. The maximum Gasteiger partial charge on any atom is 0.151 e. The van der Waals surface area contributed by atoms with E-state index in [-0.39, 0.29) is 19.3 Å².